The molecule has 0 radical (unpaired) electrons. The van der Waals surface area contributed by atoms with Crippen LogP contribution in [-0.4, -0.2) is 23.8 Å². The molecule has 0 fully saturated rings. The Balaban J connectivity index is 1.72. The predicted octanol–water partition coefficient (Wildman–Crippen LogP) is 3.57. The average Bonchev–Trinajstić information content (AvgIpc) is 2.92. The predicted molar refractivity (Wildman–Crippen MR) is 109 cm³/mol. The third kappa shape index (κ3) is 3.16. The maximum Gasteiger partial charge on any atom is 0.238 e. The Kier molecular flexibility index (Phi) is 4.65. The highest BCUT2D eigenvalue weighted by atomic mass is 16.2. The van der Waals surface area contributed by atoms with E-state index in [2.05, 4.69) is 10.3 Å². The van der Waals surface area contributed by atoms with Crippen molar-refractivity contribution < 1.29 is 9.59 Å². The summed E-state index contributed by atoms with van der Waals surface area (Å²) in [5.74, 6) is -0.263. The summed E-state index contributed by atoms with van der Waals surface area (Å²) in [6, 6.07) is 21.1. The van der Waals surface area contributed by atoms with Gasteiger partial charge in [0.1, 0.15) is 0 Å². The van der Waals surface area contributed by atoms with E-state index in [1.165, 1.54) is 0 Å². The van der Waals surface area contributed by atoms with E-state index in [1.807, 2.05) is 54.6 Å². The van der Waals surface area contributed by atoms with Crippen molar-refractivity contribution in [2.24, 2.45) is 0 Å². The van der Waals surface area contributed by atoms with Crippen LogP contribution < -0.4 is 10.2 Å². The molecule has 28 heavy (non-hydrogen) atoms. The number of carbonyl (C=O) groups excluding carboxylic acids is 2. The first-order valence-corrected chi connectivity index (χ1v) is 9.22. The molecule has 0 bridgehead atoms. The van der Waals surface area contributed by atoms with Crippen LogP contribution in [0.3, 0.4) is 0 Å². The number of nitrogens with one attached hydrogen (secondary N) is 1. The van der Waals surface area contributed by atoms with Gasteiger partial charge in [0.25, 0.3) is 0 Å². The van der Waals surface area contributed by atoms with E-state index in [4.69, 9.17) is 0 Å². The van der Waals surface area contributed by atoms with Gasteiger partial charge < -0.3 is 10.2 Å². The number of hydrogen-bond donors (Lipinski definition) is 1. The standard InChI is InChI=1S/C23H21N3O2/c1-26-20-12-6-5-11-19(20)23(22(26)28,14-17-8-3-2-4-9-17)15-21(27)25-18-10-7-13-24-16-18/h2-13,16H,14-15H2,1H3,(H,25,27)/t23-/m1/s1. The van der Waals surface area contributed by atoms with Crippen LogP contribution in [-0.2, 0) is 21.4 Å². The molecule has 0 aliphatic carbocycles. The zero-order valence-corrected chi connectivity index (χ0v) is 15.6. The third-order valence-corrected chi connectivity index (χ3v) is 5.25. The number of pyridine rings is 1. The van der Waals surface area contributed by atoms with Gasteiger partial charge in [-0.3, -0.25) is 14.6 Å². The minimum absolute atomic E-state index is 0.0566. The SMILES string of the molecule is CN1C(=O)[C@@](CC(=O)Nc2cccnc2)(Cc2ccccc2)c2ccccc21. The Labute approximate surface area is 164 Å². The minimum Gasteiger partial charge on any atom is -0.325 e. The number of aromatic nitrogens is 1. The van der Waals surface area contributed by atoms with Crippen molar-refractivity contribution in [1.82, 2.24) is 4.98 Å². The summed E-state index contributed by atoms with van der Waals surface area (Å²) in [6.45, 7) is 0. The maximum atomic E-state index is 13.4. The van der Waals surface area contributed by atoms with Gasteiger partial charge in [0.05, 0.1) is 17.3 Å². The number of amides is 2. The van der Waals surface area contributed by atoms with Crippen molar-refractivity contribution in [1.29, 1.82) is 0 Å². The van der Waals surface area contributed by atoms with E-state index < -0.39 is 5.41 Å². The maximum absolute atomic E-state index is 13.4. The van der Waals surface area contributed by atoms with Crippen molar-refractivity contribution in [2.75, 3.05) is 17.3 Å². The smallest absolute Gasteiger partial charge is 0.238 e. The molecule has 0 saturated heterocycles. The van der Waals surface area contributed by atoms with E-state index in [0.29, 0.717) is 12.1 Å². The normalized spacial score (nSPS) is 18.0. The van der Waals surface area contributed by atoms with Gasteiger partial charge in [-0.05, 0) is 35.7 Å². The zero-order valence-electron chi connectivity index (χ0n) is 15.6. The van der Waals surface area contributed by atoms with E-state index in [0.717, 1.165) is 16.8 Å². The van der Waals surface area contributed by atoms with Crippen molar-refractivity contribution in [3.63, 3.8) is 0 Å². The van der Waals surface area contributed by atoms with Crippen LogP contribution in [0.2, 0.25) is 0 Å². The van der Waals surface area contributed by atoms with Crippen LogP contribution in [0.5, 0.6) is 0 Å². The topological polar surface area (TPSA) is 62.3 Å². The van der Waals surface area contributed by atoms with Gasteiger partial charge in [-0.15, -0.1) is 0 Å². The molecule has 1 aliphatic heterocycles. The molecule has 1 aliphatic rings. The van der Waals surface area contributed by atoms with Gasteiger partial charge in [-0.1, -0.05) is 48.5 Å². The summed E-state index contributed by atoms with van der Waals surface area (Å²) < 4.78 is 0. The Bertz CT molecular complexity index is 1000. The fourth-order valence-electron chi connectivity index (χ4n) is 3.98. The van der Waals surface area contributed by atoms with Crippen molar-refractivity contribution in [2.45, 2.75) is 18.3 Å². The van der Waals surface area contributed by atoms with Crippen LogP contribution in [0.1, 0.15) is 17.5 Å². The Morgan fingerprint density at radius 3 is 2.54 bits per heavy atom. The number of fused-ring (bicyclic) bond motifs is 1. The summed E-state index contributed by atoms with van der Waals surface area (Å²) >= 11 is 0. The van der Waals surface area contributed by atoms with E-state index in [1.54, 1.807) is 36.5 Å². The number of hydrogen-bond acceptors (Lipinski definition) is 3. The molecule has 2 amide bonds. The molecular weight excluding hydrogens is 350 g/mol. The summed E-state index contributed by atoms with van der Waals surface area (Å²) in [4.78, 5) is 32.0. The number of rotatable bonds is 5. The van der Waals surface area contributed by atoms with Crippen LogP contribution in [0.25, 0.3) is 0 Å². The Hall–Kier alpha value is -3.47. The lowest BCUT2D eigenvalue weighted by atomic mass is 9.73. The van der Waals surface area contributed by atoms with Crippen LogP contribution in [0.15, 0.2) is 79.1 Å². The van der Waals surface area contributed by atoms with Crippen LogP contribution >= 0.6 is 0 Å². The molecule has 140 valence electrons. The van der Waals surface area contributed by atoms with Gasteiger partial charge in [0.2, 0.25) is 11.8 Å². The lowest BCUT2D eigenvalue weighted by molar-refractivity contribution is -0.127. The van der Waals surface area contributed by atoms with Gasteiger partial charge >= 0.3 is 0 Å². The summed E-state index contributed by atoms with van der Waals surface area (Å²) in [6.07, 6.45) is 3.78. The molecule has 5 nitrogen and oxygen atoms in total. The summed E-state index contributed by atoms with van der Waals surface area (Å²) in [5.41, 5.74) is 2.47. The first-order chi connectivity index (χ1) is 13.6. The van der Waals surface area contributed by atoms with Crippen LogP contribution in [0.4, 0.5) is 11.4 Å². The number of nitrogens with zero attached hydrogens (tertiary/aromatic N) is 2. The second-order valence-electron chi connectivity index (χ2n) is 7.09. The second kappa shape index (κ2) is 7.27. The third-order valence-electron chi connectivity index (χ3n) is 5.25. The fraction of sp³-hybridized carbons (Fsp3) is 0.174. The monoisotopic (exact) mass is 371 g/mol. The Morgan fingerprint density at radius 1 is 1.04 bits per heavy atom. The number of likely N-dealkylation sites (N-methyl/N-ethyl adjacent to an activating group) is 1. The van der Waals surface area contributed by atoms with Crippen LogP contribution in [0, 0.1) is 0 Å². The van der Waals surface area contributed by atoms with E-state index in [9.17, 15) is 9.59 Å². The van der Waals surface area contributed by atoms with E-state index in [-0.39, 0.29) is 18.2 Å². The molecule has 2 heterocycles. The minimum atomic E-state index is -0.932. The van der Waals surface area contributed by atoms with Gasteiger partial charge in [0, 0.05) is 25.4 Å². The number of carbonyl (C=O) groups is 2. The van der Waals surface area contributed by atoms with Crippen molar-refractivity contribution in [3.8, 4) is 0 Å². The van der Waals surface area contributed by atoms with Crippen molar-refractivity contribution in [3.05, 3.63) is 90.3 Å². The van der Waals surface area contributed by atoms with Gasteiger partial charge in [-0.2, -0.15) is 0 Å². The highest BCUT2D eigenvalue weighted by Crippen LogP contribution is 2.45. The largest absolute Gasteiger partial charge is 0.325 e. The molecule has 2 aromatic carbocycles. The number of anilines is 2. The number of para-hydroxylation sites is 1. The lowest BCUT2D eigenvalue weighted by Gasteiger charge is -2.28. The lowest BCUT2D eigenvalue weighted by Crippen LogP contribution is -2.43. The summed E-state index contributed by atoms with van der Waals surface area (Å²) in [7, 11) is 1.77. The molecule has 4 rings (SSSR count). The van der Waals surface area contributed by atoms with E-state index >= 15 is 0 Å². The van der Waals surface area contributed by atoms with Crippen molar-refractivity contribution >= 4 is 23.2 Å². The molecule has 3 aromatic rings. The molecule has 1 N–H and O–H groups in total. The quantitative estimate of drug-likeness (QED) is 0.746. The first kappa shape index (κ1) is 17.9. The molecule has 1 aromatic heterocycles. The number of benzene rings is 2. The molecule has 1 atom stereocenters. The molecular formula is C23H21N3O2. The molecule has 0 spiro atoms. The highest BCUT2D eigenvalue weighted by Gasteiger charge is 2.50. The molecule has 0 saturated carbocycles. The van der Waals surface area contributed by atoms with Gasteiger partial charge in [0.15, 0.2) is 0 Å². The molecule has 0 unspecified atom stereocenters. The first-order valence-electron chi connectivity index (χ1n) is 9.22. The second-order valence-corrected chi connectivity index (χ2v) is 7.09. The Morgan fingerprint density at radius 2 is 1.79 bits per heavy atom. The van der Waals surface area contributed by atoms with Gasteiger partial charge in [-0.25, -0.2) is 0 Å². The fourth-order valence-corrected chi connectivity index (χ4v) is 3.98. The summed E-state index contributed by atoms with van der Waals surface area (Å²) in [5, 5.41) is 2.87. The zero-order chi connectivity index (χ0) is 19.6. The molecule has 5 heteroatoms. The average molecular weight is 371 g/mol. The highest BCUT2D eigenvalue weighted by molar-refractivity contribution is 6.10.